The first-order valence-corrected chi connectivity index (χ1v) is 7.04. The lowest BCUT2D eigenvalue weighted by molar-refractivity contribution is -0.146. The zero-order chi connectivity index (χ0) is 16.0. The fraction of sp³-hybridized carbons (Fsp3) is 0.786. The summed E-state index contributed by atoms with van der Waals surface area (Å²) in [6.07, 6.45) is 0.511. The summed E-state index contributed by atoms with van der Waals surface area (Å²) in [5.74, 6) is -2.46. The molecule has 2 atom stereocenters. The molecule has 0 bridgehead atoms. The van der Waals surface area contributed by atoms with E-state index in [1.165, 1.54) is 0 Å². The predicted molar refractivity (Wildman–Crippen MR) is 71.4 cm³/mol. The van der Waals surface area contributed by atoms with Crippen molar-refractivity contribution < 1.29 is 29.3 Å². The smallest absolute Gasteiger partial charge is 0.417 e. The fourth-order valence-corrected chi connectivity index (χ4v) is 2.54. The maximum absolute atomic E-state index is 12.3. The van der Waals surface area contributed by atoms with Crippen LogP contribution in [0, 0.1) is 5.92 Å². The van der Waals surface area contributed by atoms with Gasteiger partial charge in [0.05, 0.1) is 5.60 Å². The van der Waals surface area contributed by atoms with Crippen molar-refractivity contribution >= 4 is 18.0 Å². The molecule has 21 heavy (non-hydrogen) atoms. The zero-order valence-electron chi connectivity index (χ0n) is 12.5. The fourth-order valence-electron chi connectivity index (χ4n) is 2.54. The number of hydrogen-bond acceptors (Lipinski definition) is 5. The quantitative estimate of drug-likeness (QED) is 0.809. The SMILES string of the molecule is CC(C)(C)OC(=O)N1C(=O)C(CC2(O)CC2)C[C@H]1C(=O)O. The molecule has 1 saturated heterocycles. The highest BCUT2D eigenvalue weighted by molar-refractivity contribution is 6.00. The maximum atomic E-state index is 12.3. The molecule has 1 aliphatic heterocycles. The second kappa shape index (κ2) is 4.98. The Morgan fingerprint density at radius 3 is 2.38 bits per heavy atom. The molecule has 0 aromatic carbocycles. The number of imide groups is 1. The molecule has 2 fully saturated rings. The molecule has 2 N–H and O–H groups in total. The third kappa shape index (κ3) is 3.53. The summed E-state index contributed by atoms with van der Waals surface area (Å²) >= 11 is 0. The van der Waals surface area contributed by atoms with Crippen LogP contribution in [-0.4, -0.2) is 50.3 Å². The average Bonchev–Trinajstić information content (AvgIpc) is 2.92. The molecular weight excluding hydrogens is 278 g/mol. The van der Waals surface area contributed by atoms with Crippen LogP contribution in [0.3, 0.4) is 0 Å². The van der Waals surface area contributed by atoms with Crippen molar-refractivity contribution in [2.24, 2.45) is 5.92 Å². The van der Waals surface area contributed by atoms with Gasteiger partial charge in [0.25, 0.3) is 0 Å². The van der Waals surface area contributed by atoms with Crippen molar-refractivity contribution in [2.75, 3.05) is 0 Å². The Bertz CT molecular complexity index is 476. The first-order chi connectivity index (χ1) is 9.52. The second-order valence-corrected chi connectivity index (χ2v) is 6.90. The van der Waals surface area contributed by atoms with Crippen LogP contribution in [0.4, 0.5) is 4.79 Å². The van der Waals surface area contributed by atoms with Gasteiger partial charge < -0.3 is 14.9 Å². The molecule has 2 rings (SSSR count). The van der Waals surface area contributed by atoms with Gasteiger partial charge in [-0.2, -0.15) is 0 Å². The molecule has 0 spiro atoms. The normalized spacial score (nSPS) is 27.6. The molecule has 0 radical (unpaired) electrons. The third-order valence-electron chi connectivity index (χ3n) is 3.73. The van der Waals surface area contributed by atoms with Gasteiger partial charge in [0.15, 0.2) is 0 Å². The average molecular weight is 299 g/mol. The Kier molecular flexibility index (Phi) is 3.73. The van der Waals surface area contributed by atoms with Gasteiger partial charge in [0.1, 0.15) is 11.6 Å². The molecule has 1 unspecified atom stereocenters. The topological polar surface area (TPSA) is 104 Å². The summed E-state index contributed by atoms with van der Waals surface area (Å²) in [5.41, 5.74) is -1.68. The van der Waals surface area contributed by atoms with Crippen LogP contribution in [0.2, 0.25) is 0 Å². The van der Waals surface area contributed by atoms with E-state index < -0.39 is 41.1 Å². The van der Waals surface area contributed by atoms with E-state index in [9.17, 15) is 24.6 Å². The number of likely N-dealkylation sites (tertiary alicyclic amines) is 1. The number of carboxylic acids is 1. The molecule has 1 saturated carbocycles. The summed E-state index contributed by atoms with van der Waals surface area (Å²) in [6, 6.07) is -1.22. The second-order valence-electron chi connectivity index (χ2n) is 6.90. The van der Waals surface area contributed by atoms with Crippen LogP contribution in [0.1, 0.15) is 46.5 Å². The molecule has 118 valence electrons. The summed E-state index contributed by atoms with van der Waals surface area (Å²) < 4.78 is 5.11. The van der Waals surface area contributed by atoms with E-state index in [1.54, 1.807) is 20.8 Å². The number of ether oxygens (including phenoxy) is 1. The van der Waals surface area contributed by atoms with Crippen LogP contribution in [0.25, 0.3) is 0 Å². The van der Waals surface area contributed by atoms with E-state index in [0.717, 1.165) is 0 Å². The van der Waals surface area contributed by atoms with Gasteiger partial charge >= 0.3 is 12.1 Å². The lowest BCUT2D eigenvalue weighted by Gasteiger charge is -2.25. The van der Waals surface area contributed by atoms with Gasteiger partial charge in [-0.3, -0.25) is 4.79 Å². The molecular formula is C14H21NO6. The number of carbonyl (C=O) groups excluding carboxylic acids is 2. The zero-order valence-corrected chi connectivity index (χ0v) is 12.5. The number of rotatable bonds is 3. The van der Waals surface area contributed by atoms with Gasteiger partial charge in [-0.15, -0.1) is 0 Å². The Labute approximate surface area is 122 Å². The number of hydrogen-bond donors (Lipinski definition) is 2. The maximum Gasteiger partial charge on any atom is 0.417 e. The third-order valence-corrected chi connectivity index (χ3v) is 3.73. The van der Waals surface area contributed by atoms with E-state index >= 15 is 0 Å². The monoisotopic (exact) mass is 299 g/mol. The molecule has 7 nitrogen and oxygen atoms in total. The number of aliphatic carboxylic acids is 1. The molecule has 2 amide bonds. The highest BCUT2D eigenvalue weighted by Gasteiger charge is 2.52. The largest absolute Gasteiger partial charge is 0.480 e. The van der Waals surface area contributed by atoms with Crippen molar-refractivity contribution in [2.45, 2.75) is 63.7 Å². The Morgan fingerprint density at radius 1 is 1.38 bits per heavy atom. The predicted octanol–water partition coefficient (Wildman–Crippen LogP) is 1.14. The molecule has 7 heteroatoms. The minimum atomic E-state index is -1.24. The highest BCUT2D eigenvalue weighted by Crippen LogP contribution is 2.44. The van der Waals surface area contributed by atoms with Gasteiger partial charge in [0.2, 0.25) is 5.91 Å². The molecule has 1 aliphatic carbocycles. The van der Waals surface area contributed by atoms with Gasteiger partial charge in [-0.05, 0) is 46.5 Å². The first-order valence-electron chi connectivity index (χ1n) is 7.04. The van der Waals surface area contributed by atoms with Crippen molar-refractivity contribution in [1.29, 1.82) is 0 Å². The lowest BCUT2D eigenvalue weighted by Crippen LogP contribution is -2.45. The lowest BCUT2D eigenvalue weighted by atomic mass is 9.96. The number of aliphatic hydroxyl groups is 1. The first kappa shape index (κ1) is 15.8. The standard InChI is InChI=1S/C14H21NO6/c1-13(2,3)21-12(19)15-9(11(17)18)6-8(10(15)16)7-14(20)4-5-14/h8-9,20H,4-7H2,1-3H3,(H,17,18)/t8?,9-/m0/s1. The minimum absolute atomic E-state index is 0.0235. The van der Waals surface area contributed by atoms with E-state index in [1.807, 2.05) is 0 Å². The van der Waals surface area contributed by atoms with Gasteiger partial charge in [-0.1, -0.05) is 0 Å². The van der Waals surface area contributed by atoms with Crippen molar-refractivity contribution in [3.63, 3.8) is 0 Å². The number of amides is 2. The van der Waals surface area contributed by atoms with Crippen LogP contribution in [0.5, 0.6) is 0 Å². The molecule has 0 aromatic heterocycles. The van der Waals surface area contributed by atoms with Crippen LogP contribution in [-0.2, 0) is 14.3 Å². The van der Waals surface area contributed by atoms with Crippen molar-refractivity contribution in [3.05, 3.63) is 0 Å². The van der Waals surface area contributed by atoms with Crippen LogP contribution >= 0.6 is 0 Å². The Morgan fingerprint density at radius 2 is 1.95 bits per heavy atom. The van der Waals surface area contributed by atoms with E-state index in [2.05, 4.69) is 0 Å². The van der Waals surface area contributed by atoms with Crippen molar-refractivity contribution in [1.82, 2.24) is 4.90 Å². The highest BCUT2D eigenvalue weighted by atomic mass is 16.6. The van der Waals surface area contributed by atoms with E-state index in [-0.39, 0.29) is 12.8 Å². The van der Waals surface area contributed by atoms with Crippen molar-refractivity contribution in [3.8, 4) is 0 Å². The van der Waals surface area contributed by atoms with Crippen LogP contribution in [0.15, 0.2) is 0 Å². The summed E-state index contributed by atoms with van der Waals surface area (Å²) in [7, 11) is 0. The van der Waals surface area contributed by atoms with Gasteiger partial charge in [-0.25, -0.2) is 14.5 Å². The van der Waals surface area contributed by atoms with E-state index in [0.29, 0.717) is 17.7 Å². The summed E-state index contributed by atoms with van der Waals surface area (Å²) in [6.45, 7) is 4.93. The number of carbonyl (C=O) groups is 3. The summed E-state index contributed by atoms with van der Waals surface area (Å²) in [4.78, 5) is 36.3. The molecule has 1 heterocycles. The Balaban J connectivity index is 2.14. The number of carboxylic acid groups (broad SMARTS) is 1. The Hall–Kier alpha value is -1.63. The van der Waals surface area contributed by atoms with E-state index in [4.69, 9.17) is 4.74 Å². The minimum Gasteiger partial charge on any atom is -0.480 e. The summed E-state index contributed by atoms with van der Waals surface area (Å²) in [5, 5.41) is 19.1. The number of nitrogens with zero attached hydrogens (tertiary/aromatic N) is 1. The molecule has 2 aliphatic rings. The molecule has 0 aromatic rings. The van der Waals surface area contributed by atoms with Crippen LogP contribution < -0.4 is 0 Å². The van der Waals surface area contributed by atoms with Gasteiger partial charge in [0, 0.05) is 5.92 Å².